The van der Waals surface area contributed by atoms with Crippen molar-refractivity contribution >= 4 is 5.97 Å². The normalized spacial score (nSPS) is 11.8. The van der Waals surface area contributed by atoms with Gasteiger partial charge in [-0.2, -0.15) is 13.2 Å². The van der Waals surface area contributed by atoms with E-state index in [4.69, 9.17) is 5.11 Å². The molecule has 0 atom stereocenters. The van der Waals surface area contributed by atoms with E-state index in [0.717, 1.165) is 17.7 Å². The van der Waals surface area contributed by atoms with Crippen LogP contribution in [0.3, 0.4) is 0 Å². The molecule has 1 aromatic carbocycles. The van der Waals surface area contributed by atoms with Crippen LogP contribution in [0.5, 0.6) is 0 Å². The van der Waals surface area contributed by atoms with Crippen LogP contribution >= 0.6 is 0 Å². The van der Waals surface area contributed by atoms with Crippen LogP contribution in [0.1, 0.15) is 17.5 Å². The molecule has 0 saturated heterocycles. The number of carboxylic acids is 1. The monoisotopic (exact) mass is 261 g/mol. The number of halogens is 3. The summed E-state index contributed by atoms with van der Waals surface area (Å²) in [6, 6.07) is 4.86. The molecule has 1 aromatic rings. The van der Waals surface area contributed by atoms with E-state index < -0.39 is 17.7 Å². The highest BCUT2D eigenvalue weighted by atomic mass is 19.4. The molecule has 0 radical (unpaired) electrons. The van der Waals surface area contributed by atoms with E-state index in [2.05, 4.69) is 0 Å². The standard InChI is InChI=1S/C12H14F3NO2/c1-16(7-6-11(17)18)8-9-2-4-10(5-3-9)12(13,14)15/h2-5H,6-8H2,1H3,(H,17,18). The first-order valence-electron chi connectivity index (χ1n) is 5.35. The fourth-order valence-corrected chi connectivity index (χ4v) is 1.48. The van der Waals surface area contributed by atoms with Crippen LogP contribution in [0.4, 0.5) is 13.2 Å². The summed E-state index contributed by atoms with van der Waals surface area (Å²) in [7, 11) is 1.72. The van der Waals surface area contributed by atoms with Crippen molar-refractivity contribution in [3.8, 4) is 0 Å². The molecular weight excluding hydrogens is 247 g/mol. The molecule has 1 rings (SSSR count). The summed E-state index contributed by atoms with van der Waals surface area (Å²) in [5, 5.41) is 8.50. The third-order valence-corrected chi connectivity index (χ3v) is 2.44. The van der Waals surface area contributed by atoms with Gasteiger partial charge >= 0.3 is 12.1 Å². The van der Waals surface area contributed by atoms with Crippen molar-refractivity contribution in [2.75, 3.05) is 13.6 Å². The molecule has 0 spiro atoms. The van der Waals surface area contributed by atoms with Crippen LogP contribution in [0.15, 0.2) is 24.3 Å². The highest BCUT2D eigenvalue weighted by Crippen LogP contribution is 2.29. The van der Waals surface area contributed by atoms with Gasteiger partial charge in [0.1, 0.15) is 0 Å². The molecular formula is C12H14F3NO2. The van der Waals surface area contributed by atoms with Crippen molar-refractivity contribution in [3.63, 3.8) is 0 Å². The molecule has 0 aliphatic rings. The van der Waals surface area contributed by atoms with E-state index in [1.54, 1.807) is 11.9 Å². The number of rotatable bonds is 5. The van der Waals surface area contributed by atoms with Gasteiger partial charge in [0.15, 0.2) is 0 Å². The van der Waals surface area contributed by atoms with Crippen molar-refractivity contribution in [1.82, 2.24) is 4.90 Å². The largest absolute Gasteiger partial charge is 0.481 e. The summed E-state index contributed by atoms with van der Waals surface area (Å²) in [5.41, 5.74) is 0.0373. The Morgan fingerprint density at radius 1 is 1.28 bits per heavy atom. The van der Waals surface area contributed by atoms with E-state index in [-0.39, 0.29) is 6.42 Å². The van der Waals surface area contributed by atoms with Gasteiger partial charge in [0.2, 0.25) is 0 Å². The summed E-state index contributed by atoms with van der Waals surface area (Å²) in [6.07, 6.45) is -4.31. The highest BCUT2D eigenvalue weighted by Gasteiger charge is 2.29. The SMILES string of the molecule is CN(CCC(=O)O)Cc1ccc(C(F)(F)F)cc1. The molecule has 0 heterocycles. The average molecular weight is 261 g/mol. The van der Waals surface area contributed by atoms with Crippen LogP contribution in [0.25, 0.3) is 0 Å². The number of carbonyl (C=O) groups is 1. The molecule has 0 saturated carbocycles. The van der Waals surface area contributed by atoms with Gasteiger partial charge in [-0.25, -0.2) is 0 Å². The molecule has 0 aliphatic carbocycles. The summed E-state index contributed by atoms with van der Waals surface area (Å²) in [6.45, 7) is 0.780. The average Bonchev–Trinajstić information content (AvgIpc) is 2.26. The lowest BCUT2D eigenvalue weighted by Crippen LogP contribution is -2.21. The lowest BCUT2D eigenvalue weighted by Gasteiger charge is -2.16. The number of nitrogens with zero attached hydrogens (tertiary/aromatic N) is 1. The summed E-state index contributed by atoms with van der Waals surface area (Å²) in [5.74, 6) is -0.894. The molecule has 18 heavy (non-hydrogen) atoms. The predicted octanol–water partition coefficient (Wildman–Crippen LogP) is 2.61. The lowest BCUT2D eigenvalue weighted by atomic mass is 10.1. The molecule has 0 aromatic heterocycles. The predicted molar refractivity (Wildman–Crippen MR) is 60.0 cm³/mol. The van der Waals surface area contributed by atoms with E-state index in [1.165, 1.54) is 12.1 Å². The molecule has 0 unspecified atom stereocenters. The lowest BCUT2D eigenvalue weighted by molar-refractivity contribution is -0.138. The first-order valence-corrected chi connectivity index (χ1v) is 5.35. The maximum Gasteiger partial charge on any atom is 0.416 e. The third-order valence-electron chi connectivity index (χ3n) is 2.44. The number of aliphatic carboxylic acids is 1. The van der Waals surface area contributed by atoms with Gasteiger partial charge in [-0.05, 0) is 24.7 Å². The topological polar surface area (TPSA) is 40.5 Å². The van der Waals surface area contributed by atoms with Gasteiger partial charge in [-0.15, -0.1) is 0 Å². The van der Waals surface area contributed by atoms with Crippen LogP contribution < -0.4 is 0 Å². The third kappa shape index (κ3) is 4.75. The van der Waals surface area contributed by atoms with Gasteiger partial charge in [-0.3, -0.25) is 4.79 Å². The number of alkyl halides is 3. The van der Waals surface area contributed by atoms with Gasteiger partial charge in [0.25, 0.3) is 0 Å². The van der Waals surface area contributed by atoms with Crippen LogP contribution in [-0.4, -0.2) is 29.6 Å². The summed E-state index contributed by atoms with van der Waals surface area (Å²) >= 11 is 0. The Balaban J connectivity index is 2.56. The van der Waals surface area contributed by atoms with E-state index in [9.17, 15) is 18.0 Å². The van der Waals surface area contributed by atoms with Crippen LogP contribution in [-0.2, 0) is 17.5 Å². The van der Waals surface area contributed by atoms with Crippen molar-refractivity contribution in [2.45, 2.75) is 19.1 Å². The molecule has 0 amide bonds. The van der Waals surface area contributed by atoms with Gasteiger partial charge < -0.3 is 10.0 Å². The fourth-order valence-electron chi connectivity index (χ4n) is 1.48. The first kappa shape index (κ1) is 14.5. The molecule has 1 N–H and O–H groups in total. The Labute approximate surface area is 103 Å². The Kier molecular flexibility index (Phi) is 4.72. The molecule has 6 heteroatoms. The number of hydrogen-bond acceptors (Lipinski definition) is 2. The zero-order valence-electron chi connectivity index (χ0n) is 9.87. The number of benzene rings is 1. The van der Waals surface area contributed by atoms with Gasteiger partial charge in [0, 0.05) is 13.1 Å². The Bertz CT molecular complexity index is 401. The quantitative estimate of drug-likeness (QED) is 0.885. The van der Waals surface area contributed by atoms with Gasteiger partial charge in [-0.1, -0.05) is 12.1 Å². The zero-order chi connectivity index (χ0) is 13.8. The zero-order valence-corrected chi connectivity index (χ0v) is 9.87. The second-order valence-corrected chi connectivity index (χ2v) is 4.08. The van der Waals surface area contributed by atoms with Crippen molar-refractivity contribution in [3.05, 3.63) is 35.4 Å². The Hall–Kier alpha value is -1.56. The maximum atomic E-state index is 12.3. The fraction of sp³-hybridized carbons (Fsp3) is 0.417. The number of hydrogen-bond donors (Lipinski definition) is 1. The first-order chi connectivity index (χ1) is 8.29. The Morgan fingerprint density at radius 2 is 1.83 bits per heavy atom. The van der Waals surface area contributed by atoms with Crippen LogP contribution in [0.2, 0.25) is 0 Å². The summed E-state index contributed by atoms with van der Waals surface area (Å²) < 4.78 is 36.9. The van der Waals surface area contributed by atoms with Crippen LogP contribution in [0, 0.1) is 0 Å². The number of carboxylic acid groups (broad SMARTS) is 1. The minimum absolute atomic E-state index is 0.0110. The molecule has 0 bridgehead atoms. The Morgan fingerprint density at radius 3 is 2.28 bits per heavy atom. The second-order valence-electron chi connectivity index (χ2n) is 4.08. The molecule has 0 aliphatic heterocycles. The van der Waals surface area contributed by atoms with Crippen molar-refractivity contribution in [2.24, 2.45) is 0 Å². The van der Waals surface area contributed by atoms with Gasteiger partial charge in [0.05, 0.1) is 12.0 Å². The maximum absolute atomic E-state index is 12.3. The minimum Gasteiger partial charge on any atom is -0.481 e. The van der Waals surface area contributed by atoms with E-state index in [0.29, 0.717) is 13.1 Å². The van der Waals surface area contributed by atoms with E-state index in [1.807, 2.05) is 0 Å². The molecule has 3 nitrogen and oxygen atoms in total. The van der Waals surface area contributed by atoms with E-state index >= 15 is 0 Å². The van der Waals surface area contributed by atoms with Crippen molar-refractivity contribution < 1.29 is 23.1 Å². The molecule has 100 valence electrons. The van der Waals surface area contributed by atoms with Crippen molar-refractivity contribution in [1.29, 1.82) is 0 Å². The highest BCUT2D eigenvalue weighted by molar-refractivity contribution is 5.66. The summed E-state index contributed by atoms with van der Waals surface area (Å²) in [4.78, 5) is 12.1. The molecule has 0 fully saturated rings. The second kappa shape index (κ2) is 5.86. The smallest absolute Gasteiger partial charge is 0.416 e. The minimum atomic E-state index is -4.33.